The van der Waals surface area contributed by atoms with Gasteiger partial charge in [0.05, 0.1) is 20.3 Å². The van der Waals surface area contributed by atoms with Crippen molar-refractivity contribution in [3.8, 4) is 11.5 Å². The second-order valence-electron chi connectivity index (χ2n) is 7.08. The van der Waals surface area contributed by atoms with Crippen LogP contribution >= 0.6 is 0 Å². The third-order valence-corrected chi connectivity index (χ3v) is 7.02. The molecule has 3 rings (SSSR count). The number of benzene rings is 2. The van der Waals surface area contributed by atoms with E-state index in [0.717, 1.165) is 28.5 Å². The average Bonchev–Trinajstić information content (AvgIpc) is 3.22. The molecule has 1 aliphatic heterocycles. The summed E-state index contributed by atoms with van der Waals surface area (Å²) in [5.41, 5.74) is 1.36. The van der Waals surface area contributed by atoms with Crippen molar-refractivity contribution in [2.75, 3.05) is 34.9 Å². The zero-order valence-electron chi connectivity index (χ0n) is 17.1. The first-order valence-corrected chi connectivity index (χ1v) is 10.8. The van der Waals surface area contributed by atoms with E-state index in [2.05, 4.69) is 0 Å². The molecular weight excluding hydrogens is 392 g/mol. The standard InChI is InChI=1S/C21H26N2O5S/c1-22(2)29(25,26)20-14-16(9-12-19(20)28-4)21(24)23-13-5-6-18(23)15-7-10-17(27-3)11-8-15/h7-12,14,18H,5-6,13H2,1-4H3. The van der Waals surface area contributed by atoms with Crippen LogP contribution in [0.5, 0.6) is 11.5 Å². The monoisotopic (exact) mass is 418 g/mol. The van der Waals surface area contributed by atoms with Crippen LogP contribution in [0.15, 0.2) is 47.4 Å². The van der Waals surface area contributed by atoms with Crippen molar-refractivity contribution >= 4 is 15.9 Å². The summed E-state index contributed by atoms with van der Waals surface area (Å²) in [6.07, 6.45) is 1.75. The Morgan fingerprint density at radius 3 is 2.34 bits per heavy atom. The Kier molecular flexibility index (Phi) is 6.14. The molecule has 0 aromatic heterocycles. The highest BCUT2D eigenvalue weighted by Crippen LogP contribution is 2.35. The predicted molar refractivity (Wildman–Crippen MR) is 110 cm³/mol. The minimum absolute atomic E-state index is 0.0176. The summed E-state index contributed by atoms with van der Waals surface area (Å²) in [7, 11) is 2.17. The number of amides is 1. The molecule has 1 fully saturated rings. The van der Waals surface area contributed by atoms with Gasteiger partial charge in [-0.1, -0.05) is 12.1 Å². The minimum Gasteiger partial charge on any atom is -0.497 e. The lowest BCUT2D eigenvalue weighted by atomic mass is 10.0. The molecule has 0 radical (unpaired) electrons. The van der Waals surface area contributed by atoms with Crippen LogP contribution in [0.4, 0.5) is 0 Å². The molecule has 156 valence electrons. The largest absolute Gasteiger partial charge is 0.497 e. The fraction of sp³-hybridized carbons (Fsp3) is 0.381. The van der Waals surface area contributed by atoms with Gasteiger partial charge in [-0.25, -0.2) is 12.7 Å². The van der Waals surface area contributed by atoms with Gasteiger partial charge >= 0.3 is 0 Å². The fourth-order valence-corrected chi connectivity index (χ4v) is 4.63. The second-order valence-corrected chi connectivity index (χ2v) is 9.20. The van der Waals surface area contributed by atoms with E-state index in [-0.39, 0.29) is 22.6 Å². The maximum Gasteiger partial charge on any atom is 0.254 e. The van der Waals surface area contributed by atoms with Crippen LogP contribution in [0, 0.1) is 0 Å². The molecule has 0 saturated carbocycles. The van der Waals surface area contributed by atoms with E-state index in [1.807, 2.05) is 24.3 Å². The normalized spacial score (nSPS) is 16.9. The number of methoxy groups -OCH3 is 2. The topological polar surface area (TPSA) is 76.1 Å². The number of ether oxygens (including phenoxy) is 2. The van der Waals surface area contributed by atoms with Crippen LogP contribution in [0.1, 0.15) is 34.8 Å². The number of likely N-dealkylation sites (tertiary alicyclic amines) is 1. The lowest BCUT2D eigenvalue weighted by Gasteiger charge is -2.26. The molecule has 0 N–H and O–H groups in total. The molecule has 29 heavy (non-hydrogen) atoms. The van der Waals surface area contributed by atoms with Crippen LogP contribution in [0.2, 0.25) is 0 Å². The highest BCUT2D eigenvalue weighted by molar-refractivity contribution is 7.89. The first-order chi connectivity index (χ1) is 13.8. The van der Waals surface area contributed by atoms with Crippen molar-refractivity contribution in [1.29, 1.82) is 0 Å². The maximum atomic E-state index is 13.3. The van der Waals surface area contributed by atoms with E-state index in [9.17, 15) is 13.2 Å². The molecule has 1 atom stereocenters. The van der Waals surface area contributed by atoms with E-state index in [1.54, 1.807) is 18.1 Å². The van der Waals surface area contributed by atoms with Crippen molar-refractivity contribution in [3.05, 3.63) is 53.6 Å². The summed E-state index contributed by atoms with van der Waals surface area (Å²) in [4.78, 5) is 15.0. The van der Waals surface area contributed by atoms with Crippen LogP contribution in [-0.4, -0.2) is 58.4 Å². The number of hydrogen-bond acceptors (Lipinski definition) is 5. The number of rotatable bonds is 6. The Balaban J connectivity index is 1.94. The van der Waals surface area contributed by atoms with Crippen molar-refractivity contribution in [2.24, 2.45) is 0 Å². The summed E-state index contributed by atoms with van der Waals surface area (Å²) in [5, 5.41) is 0. The number of sulfonamides is 1. The van der Waals surface area contributed by atoms with E-state index in [1.165, 1.54) is 33.3 Å². The van der Waals surface area contributed by atoms with Crippen molar-refractivity contribution in [1.82, 2.24) is 9.21 Å². The van der Waals surface area contributed by atoms with Gasteiger partial charge in [0.25, 0.3) is 5.91 Å². The Morgan fingerprint density at radius 2 is 1.76 bits per heavy atom. The summed E-state index contributed by atoms with van der Waals surface area (Å²) in [5.74, 6) is 0.780. The summed E-state index contributed by atoms with van der Waals surface area (Å²) in [6, 6.07) is 12.2. The SMILES string of the molecule is COc1ccc(C2CCCN2C(=O)c2ccc(OC)c(S(=O)(=O)N(C)C)c2)cc1. The zero-order valence-corrected chi connectivity index (χ0v) is 17.9. The highest BCUT2D eigenvalue weighted by Gasteiger charge is 2.32. The predicted octanol–water partition coefficient (Wildman–Crippen LogP) is 2.93. The van der Waals surface area contributed by atoms with E-state index in [4.69, 9.17) is 9.47 Å². The highest BCUT2D eigenvalue weighted by atomic mass is 32.2. The van der Waals surface area contributed by atoms with Gasteiger partial charge in [0.2, 0.25) is 10.0 Å². The Hall–Kier alpha value is -2.58. The van der Waals surface area contributed by atoms with Gasteiger partial charge in [-0.15, -0.1) is 0 Å². The second kappa shape index (κ2) is 8.42. The smallest absolute Gasteiger partial charge is 0.254 e. The molecule has 1 saturated heterocycles. The average molecular weight is 419 g/mol. The lowest BCUT2D eigenvalue weighted by molar-refractivity contribution is 0.0735. The molecule has 8 heteroatoms. The van der Waals surface area contributed by atoms with Crippen molar-refractivity contribution in [3.63, 3.8) is 0 Å². The summed E-state index contributed by atoms with van der Waals surface area (Å²) in [6.45, 7) is 0.622. The van der Waals surface area contributed by atoms with Gasteiger partial charge < -0.3 is 14.4 Å². The molecule has 1 aliphatic rings. The Labute approximate surface area is 171 Å². The molecule has 1 unspecified atom stereocenters. The molecule has 7 nitrogen and oxygen atoms in total. The van der Waals surface area contributed by atoms with E-state index < -0.39 is 10.0 Å². The number of hydrogen-bond donors (Lipinski definition) is 0. The maximum absolute atomic E-state index is 13.3. The van der Waals surface area contributed by atoms with Crippen LogP contribution in [0.25, 0.3) is 0 Å². The summed E-state index contributed by atoms with van der Waals surface area (Å²) < 4.78 is 36.9. The minimum atomic E-state index is -3.75. The molecule has 0 aliphatic carbocycles. The first kappa shape index (κ1) is 21.1. The van der Waals surface area contributed by atoms with Gasteiger partial charge in [0.1, 0.15) is 16.4 Å². The Bertz CT molecular complexity index is 987. The van der Waals surface area contributed by atoms with Crippen LogP contribution < -0.4 is 9.47 Å². The van der Waals surface area contributed by atoms with Crippen LogP contribution in [0.3, 0.4) is 0 Å². The van der Waals surface area contributed by atoms with Gasteiger partial charge in [-0.05, 0) is 48.7 Å². The molecule has 1 heterocycles. The van der Waals surface area contributed by atoms with Gasteiger partial charge in [-0.3, -0.25) is 4.79 Å². The number of carbonyl (C=O) groups excluding carboxylic acids is 1. The van der Waals surface area contributed by atoms with Crippen LogP contribution in [-0.2, 0) is 10.0 Å². The molecule has 0 spiro atoms. The van der Waals surface area contributed by atoms with Gasteiger partial charge in [0, 0.05) is 26.2 Å². The lowest BCUT2D eigenvalue weighted by Crippen LogP contribution is -2.31. The quantitative estimate of drug-likeness (QED) is 0.721. The molecule has 1 amide bonds. The third kappa shape index (κ3) is 4.09. The summed E-state index contributed by atoms with van der Waals surface area (Å²) >= 11 is 0. The zero-order chi connectivity index (χ0) is 21.2. The fourth-order valence-electron chi connectivity index (χ4n) is 3.56. The molecule has 2 aromatic carbocycles. The van der Waals surface area contributed by atoms with Crippen molar-refractivity contribution in [2.45, 2.75) is 23.8 Å². The Morgan fingerprint density at radius 1 is 1.07 bits per heavy atom. The van der Waals surface area contributed by atoms with Gasteiger partial charge in [-0.2, -0.15) is 0 Å². The first-order valence-electron chi connectivity index (χ1n) is 9.35. The third-order valence-electron chi connectivity index (χ3n) is 5.18. The van der Waals surface area contributed by atoms with E-state index >= 15 is 0 Å². The molecule has 2 aromatic rings. The number of carbonyl (C=O) groups is 1. The van der Waals surface area contributed by atoms with E-state index in [0.29, 0.717) is 12.1 Å². The van der Waals surface area contributed by atoms with Crippen molar-refractivity contribution < 1.29 is 22.7 Å². The molecular formula is C21H26N2O5S. The number of nitrogens with zero attached hydrogens (tertiary/aromatic N) is 2. The molecule has 0 bridgehead atoms. The van der Waals surface area contributed by atoms with Gasteiger partial charge in [0.15, 0.2) is 0 Å².